The minimum Gasteiger partial charge on any atom is -0.295 e. The van der Waals surface area contributed by atoms with Crippen molar-refractivity contribution < 1.29 is 4.39 Å². The highest BCUT2D eigenvalue weighted by Crippen LogP contribution is 2.12. The predicted octanol–water partition coefficient (Wildman–Crippen LogP) is 1.30. The summed E-state index contributed by atoms with van der Waals surface area (Å²) in [5, 5.41) is 8.69. The Kier molecular flexibility index (Phi) is 2.97. The Hall–Kier alpha value is -2.48. The molecule has 0 bridgehead atoms. The molecule has 5 heteroatoms. The van der Waals surface area contributed by atoms with E-state index >= 15 is 0 Å². The molecule has 0 aliphatic carbocycles. The van der Waals surface area contributed by atoms with Crippen LogP contribution in [0.4, 0.5) is 4.39 Å². The van der Waals surface area contributed by atoms with Crippen LogP contribution in [0.15, 0.2) is 41.6 Å². The van der Waals surface area contributed by atoms with Crippen LogP contribution in [-0.2, 0) is 6.54 Å². The first-order valence-electron chi connectivity index (χ1n) is 4.90. The third kappa shape index (κ3) is 2.21. The minimum atomic E-state index is -0.592. The number of rotatable bonds is 2. The Morgan fingerprint density at radius 2 is 2.24 bits per heavy atom. The summed E-state index contributed by atoms with van der Waals surface area (Å²) in [6, 6.07) is 7.57. The van der Waals surface area contributed by atoms with E-state index in [2.05, 4.69) is 4.98 Å². The van der Waals surface area contributed by atoms with Crippen LogP contribution in [0.2, 0.25) is 0 Å². The van der Waals surface area contributed by atoms with E-state index in [4.69, 9.17) is 5.26 Å². The average Bonchev–Trinajstić information content (AvgIpc) is 2.34. The van der Waals surface area contributed by atoms with Crippen molar-refractivity contribution in [2.45, 2.75) is 6.54 Å². The van der Waals surface area contributed by atoms with Crippen molar-refractivity contribution in [1.29, 1.82) is 5.26 Å². The summed E-state index contributed by atoms with van der Waals surface area (Å²) in [5.41, 5.74) is 0.000324. The summed E-state index contributed by atoms with van der Waals surface area (Å²) in [5.74, 6) is -0.592. The van der Waals surface area contributed by atoms with Crippen LogP contribution in [-0.4, -0.2) is 9.55 Å². The van der Waals surface area contributed by atoms with Gasteiger partial charge in [-0.2, -0.15) is 5.26 Å². The lowest BCUT2D eigenvalue weighted by molar-refractivity contribution is 0.591. The molecule has 0 saturated carbocycles. The Morgan fingerprint density at radius 3 is 2.94 bits per heavy atom. The fraction of sp³-hybridized carbons (Fsp3) is 0.0833. The van der Waals surface area contributed by atoms with Crippen LogP contribution >= 0.6 is 0 Å². The molecule has 0 N–H and O–H groups in total. The van der Waals surface area contributed by atoms with E-state index in [1.807, 2.05) is 0 Å². The molecule has 1 heterocycles. The van der Waals surface area contributed by atoms with Gasteiger partial charge in [-0.3, -0.25) is 9.36 Å². The maximum atomic E-state index is 13.7. The van der Waals surface area contributed by atoms with Crippen molar-refractivity contribution in [3.63, 3.8) is 0 Å². The summed E-state index contributed by atoms with van der Waals surface area (Å²) in [7, 11) is 0. The molecular weight excluding hydrogens is 221 g/mol. The molecule has 0 fully saturated rings. The van der Waals surface area contributed by atoms with Gasteiger partial charge in [-0.1, -0.05) is 12.1 Å². The summed E-state index contributed by atoms with van der Waals surface area (Å²) < 4.78 is 15.0. The number of hydrogen-bond acceptors (Lipinski definition) is 3. The molecule has 1 aromatic carbocycles. The summed E-state index contributed by atoms with van der Waals surface area (Å²) in [6.07, 6.45) is 2.71. The molecule has 0 saturated heterocycles. The lowest BCUT2D eigenvalue weighted by Gasteiger charge is -2.06. The second-order valence-electron chi connectivity index (χ2n) is 3.44. The second-order valence-corrected chi connectivity index (χ2v) is 3.44. The summed E-state index contributed by atoms with van der Waals surface area (Å²) in [6.45, 7) is 0.0635. The average molecular weight is 229 g/mol. The molecule has 0 amide bonds. The Morgan fingerprint density at radius 1 is 1.41 bits per heavy atom. The standard InChI is InChI=1S/C12H8FN3O/c13-12-9(6-14)2-1-3-10(12)7-16-8-15-5-4-11(16)17/h1-5,8H,7H2. The van der Waals surface area contributed by atoms with Gasteiger partial charge in [0.15, 0.2) is 0 Å². The third-order valence-corrected chi connectivity index (χ3v) is 2.33. The van der Waals surface area contributed by atoms with E-state index in [-0.39, 0.29) is 17.7 Å². The van der Waals surface area contributed by atoms with Gasteiger partial charge in [-0.15, -0.1) is 0 Å². The van der Waals surface area contributed by atoms with Gasteiger partial charge in [-0.05, 0) is 6.07 Å². The largest absolute Gasteiger partial charge is 0.295 e. The first-order valence-corrected chi connectivity index (χ1v) is 4.90. The van der Waals surface area contributed by atoms with E-state index in [0.29, 0.717) is 5.56 Å². The maximum Gasteiger partial charge on any atom is 0.253 e. The molecule has 0 unspecified atom stereocenters. The number of nitrogens with zero attached hydrogens (tertiary/aromatic N) is 3. The molecule has 0 spiro atoms. The number of halogens is 1. The van der Waals surface area contributed by atoms with Crippen LogP contribution in [0.3, 0.4) is 0 Å². The van der Waals surface area contributed by atoms with Gasteiger partial charge < -0.3 is 0 Å². The van der Waals surface area contributed by atoms with E-state index in [1.54, 1.807) is 12.1 Å². The van der Waals surface area contributed by atoms with Crippen molar-refractivity contribution in [3.05, 3.63) is 64.1 Å². The predicted molar refractivity (Wildman–Crippen MR) is 58.7 cm³/mol. The third-order valence-electron chi connectivity index (χ3n) is 2.33. The van der Waals surface area contributed by atoms with Crippen LogP contribution in [0.1, 0.15) is 11.1 Å². The zero-order valence-electron chi connectivity index (χ0n) is 8.80. The molecule has 2 aromatic rings. The van der Waals surface area contributed by atoms with Gasteiger partial charge in [0, 0.05) is 17.8 Å². The van der Waals surface area contributed by atoms with Crippen molar-refractivity contribution in [2.75, 3.05) is 0 Å². The first-order chi connectivity index (χ1) is 8.22. The topological polar surface area (TPSA) is 58.7 Å². The van der Waals surface area contributed by atoms with Crippen LogP contribution in [0.5, 0.6) is 0 Å². The maximum absolute atomic E-state index is 13.7. The van der Waals surface area contributed by atoms with Crippen molar-refractivity contribution in [2.24, 2.45) is 0 Å². The number of benzene rings is 1. The Labute approximate surface area is 96.6 Å². The molecule has 0 aliphatic heterocycles. The van der Waals surface area contributed by atoms with Gasteiger partial charge in [-0.25, -0.2) is 9.37 Å². The van der Waals surface area contributed by atoms with Gasteiger partial charge in [0.1, 0.15) is 11.9 Å². The number of aromatic nitrogens is 2. The van der Waals surface area contributed by atoms with Gasteiger partial charge in [0.05, 0.1) is 18.4 Å². The molecule has 84 valence electrons. The van der Waals surface area contributed by atoms with Crippen molar-refractivity contribution in [3.8, 4) is 6.07 Å². The molecular formula is C12H8FN3O. The van der Waals surface area contributed by atoms with E-state index in [0.717, 1.165) is 0 Å². The fourth-order valence-corrected chi connectivity index (χ4v) is 1.47. The zero-order chi connectivity index (χ0) is 12.3. The Bertz CT molecular complexity index is 643. The monoisotopic (exact) mass is 229 g/mol. The molecule has 0 atom stereocenters. The first kappa shape index (κ1) is 11.0. The smallest absolute Gasteiger partial charge is 0.253 e. The SMILES string of the molecule is N#Cc1cccc(Cn2cnccc2=O)c1F. The lowest BCUT2D eigenvalue weighted by Crippen LogP contribution is -2.20. The number of hydrogen-bond donors (Lipinski definition) is 0. The highest BCUT2D eigenvalue weighted by molar-refractivity contribution is 5.35. The zero-order valence-corrected chi connectivity index (χ0v) is 8.80. The fourth-order valence-electron chi connectivity index (χ4n) is 1.47. The van der Waals surface area contributed by atoms with Crippen LogP contribution < -0.4 is 5.56 Å². The molecule has 0 aliphatic rings. The minimum absolute atomic E-state index is 0.0283. The summed E-state index contributed by atoms with van der Waals surface area (Å²) >= 11 is 0. The lowest BCUT2D eigenvalue weighted by atomic mass is 10.1. The highest BCUT2D eigenvalue weighted by atomic mass is 19.1. The van der Waals surface area contributed by atoms with Gasteiger partial charge >= 0.3 is 0 Å². The highest BCUT2D eigenvalue weighted by Gasteiger charge is 2.08. The second kappa shape index (κ2) is 4.58. The summed E-state index contributed by atoms with van der Waals surface area (Å²) in [4.78, 5) is 15.2. The van der Waals surface area contributed by atoms with E-state index in [9.17, 15) is 9.18 Å². The quantitative estimate of drug-likeness (QED) is 0.779. The number of nitriles is 1. The van der Waals surface area contributed by atoms with Crippen molar-refractivity contribution in [1.82, 2.24) is 9.55 Å². The van der Waals surface area contributed by atoms with Crippen LogP contribution in [0, 0.1) is 17.1 Å². The van der Waals surface area contributed by atoms with Crippen molar-refractivity contribution >= 4 is 0 Å². The Balaban J connectivity index is 2.42. The normalized spacial score (nSPS) is 9.88. The molecule has 1 aromatic heterocycles. The molecule has 17 heavy (non-hydrogen) atoms. The molecule has 4 nitrogen and oxygen atoms in total. The van der Waals surface area contributed by atoms with Gasteiger partial charge in [0.2, 0.25) is 0 Å². The molecule has 2 rings (SSSR count). The van der Waals surface area contributed by atoms with Gasteiger partial charge in [0.25, 0.3) is 5.56 Å². The molecule has 0 radical (unpaired) electrons. The van der Waals surface area contributed by atoms with Crippen LogP contribution in [0.25, 0.3) is 0 Å². The van der Waals surface area contributed by atoms with E-state index in [1.165, 1.54) is 35.3 Å². The van der Waals surface area contributed by atoms with E-state index < -0.39 is 5.82 Å².